The van der Waals surface area contributed by atoms with E-state index >= 15 is 0 Å². The molecular weight excluding hydrogens is 232 g/mol. The summed E-state index contributed by atoms with van der Waals surface area (Å²) in [5.74, 6) is 0.140. The van der Waals surface area contributed by atoms with Crippen LogP contribution in [0.2, 0.25) is 0 Å². The Bertz CT molecular complexity index is 511. The van der Waals surface area contributed by atoms with Crippen molar-refractivity contribution >= 4 is 0 Å². The smallest absolute Gasteiger partial charge is 0.141 e. The summed E-state index contributed by atoms with van der Waals surface area (Å²) in [6, 6.07) is 0. The zero-order valence-corrected chi connectivity index (χ0v) is 10.1. The van der Waals surface area contributed by atoms with E-state index in [4.69, 9.17) is 0 Å². The first kappa shape index (κ1) is 12.5. The van der Waals surface area contributed by atoms with Crippen LogP contribution in [-0.2, 0) is 19.7 Å². The fourth-order valence-corrected chi connectivity index (χ4v) is 1.72. The molecule has 4 N–H and O–H groups in total. The third kappa shape index (κ3) is 2.66. The first-order valence-corrected chi connectivity index (χ1v) is 5.68. The highest BCUT2D eigenvalue weighted by Crippen LogP contribution is 2.23. The number of aromatic hydroxyl groups is 1. The second kappa shape index (κ2) is 5.61. The lowest BCUT2D eigenvalue weighted by Gasteiger charge is -2.11. The average molecular weight is 248 g/mol. The molecule has 6 nitrogen and oxygen atoms in total. The third-order valence-electron chi connectivity index (χ3n) is 2.79. The highest BCUT2D eigenvalue weighted by Gasteiger charge is 2.10. The lowest BCUT2D eigenvalue weighted by Crippen LogP contribution is -2.14. The van der Waals surface area contributed by atoms with Crippen molar-refractivity contribution in [3.05, 3.63) is 41.0 Å². The van der Waals surface area contributed by atoms with Crippen LogP contribution in [0.15, 0.2) is 18.6 Å². The quantitative estimate of drug-likeness (QED) is 0.621. The van der Waals surface area contributed by atoms with Gasteiger partial charge in [-0.05, 0) is 6.92 Å². The third-order valence-corrected chi connectivity index (χ3v) is 2.79. The van der Waals surface area contributed by atoms with Gasteiger partial charge in [-0.2, -0.15) is 5.10 Å². The molecule has 0 aromatic carbocycles. The number of rotatable bonds is 5. The highest BCUT2D eigenvalue weighted by atomic mass is 16.3. The minimum absolute atomic E-state index is 0.135. The van der Waals surface area contributed by atoms with Gasteiger partial charge in [-0.25, -0.2) is 0 Å². The Balaban J connectivity index is 2.06. The number of nitrogens with zero attached hydrogens (tertiary/aromatic N) is 2. The number of aromatic amines is 1. The Morgan fingerprint density at radius 1 is 1.33 bits per heavy atom. The molecule has 0 bridgehead atoms. The summed E-state index contributed by atoms with van der Waals surface area (Å²) in [5.41, 5.74) is 2.92. The molecule has 18 heavy (non-hydrogen) atoms. The molecular formula is C12H16N4O2. The van der Waals surface area contributed by atoms with E-state index < -0.39 is 0 Å². The fraction of sp³-hybridized carbons (Fsp3) is 0.333. The Kier molecular flexibility index (Phi) is 3.91. The number of aliphatic hydroxyl groups excluding tert-OH is 1. The number of H-pyrrole nitrogens is 1. The maximum atomic E-state index is 9.93. The Morgan fingerprint density at radius 3 is 2.83 bits per heavy atom. The summed E-state index contributed by atoms with van der Waals surface area (Å²) >= 11 is 0. The largest absolute Gasteiger partial charge is 0.506 e. The zero-order valence-electron chi connectivity index (χ0n) is 10.1. The molecule has 0 saturated carbocycles. The number of aromatic nitrogens is 3. The predicted molar refractivity (Wildman–Crippen MR) is 65.7 cm³/mol. The minimum Gasteiger partial charge on any atom is -0.506 e. The molecule has 0 unspecified atom stereocenters. The number of aryl methyl sites for hydroxylation is 1. The van der Waals surface area contributed by atoms with E-state index in [1.54, 1.807) is 25.5 Å². The van der Waals surface area contributed by atoms with Crippen molar-refractivity contribution in [2.24, 2.45) is 0 Å². The van der Waals surface area contributed by atoms with Gasteiger partial charge in [0.15, 0.2) is 0 Å². The standard InChI is InChI=1S/C12H16N4O2/c1-8-12(18)11(10(7-17)5-14-8)6-13-2-9-3-15-16-4-9/h3-5,13,17-18H,2,6-7H2,1H3,(H,15,16). The Hall–Kier alpha value is -1.92. The van der Waals surface area contributed by atoms with Gasteiger partial charge < -0.3 is 15.5 Å². The molecule has 0 fully saturated rings. The molecule has 0 radical (unpaired) electrons. The minimum atomic E-state index is -0.135. The van der Waals surface area contributed by atoms with Crippen LogP contribution in [0.4, 0.5) is 0 Å². The first-order valence-electron chi connectivity index (χ1n) is 5.68. The van der Waals surface area contributed by atoms with Gasteiger partial charge in [0.2, 0.25) is 0 Å². The number of pyridine rings is 1. The Labute approximate surface area is 105 Å². The molecule has 0 aliphatic heterocycles. The molecule has 0 spiro atoms. The molecule has 2 aromatic heterocycles. The Morgan fingerprint density at radius 2 is 2.17 bits per heavy atom. The maximum absolute atomic E-state index is 9.93. The van der Waals surface area contributed by atoms with E-state index in [1.807, 2.05) is 0 Å². The fourth-order valence-electron chi connectivity index (χ4n) is 1.72. The van der Waals surface area contributed by atoms with E-state index in [1.165, 1.54) is 0 Å². The van der Waals surface area contributed by atoms with Crippen LogP contribution in [0.5, 0.6) is 5.75 Å². The van der Waals surface area contributed by atoms with Crippen molar-refractivity contribution in [2.45, 2.75) is 26.6 Å². The topological polar surface area (TPSA) is 94.1 Å². The van der Waals surface area contributed by atoms with Crippen molar-refractivity contribution in [1.82, 2.24) is 20.5 Å². The summed E-state index contributed by atoms with van der Waals surface area (Å²) in [6.45, 7) is 2.71. The summed E-state index contributed by atoms with van der Waals surface area (Å²) in [4.78, 5) is 4.02. The van der Waals surface area contributed by atoms with Gasteiger partial charge in [0.25, 0.3) is 0 Å². The van der Waals surface area contributed by atoms with Crippen molar-refractivity contribution in [3.63, 3.8) is 0 Å². The van der Waals surface area contributed by atoms with Crippen molar-refractivity contribution in [1.29, 1.82) is 0 Å². The van der Waals surface area contributed by atoms with Crippen LogP contribution in [0.25, 0.3) is 0 Å². The molecule has 0 aliphatic carbocycles. The predicted octanol–water partition coefficient (Wildman–Crippen LogP) is 0.601. The molecule has 0 saturated heterocycles. The molecule has 0 amide bonds. The summed E-state index contributed by atoms with van der Waals surface area (Å²) in [5, 5.41) is 28.9. The second-order valence-corrected chi connectivity index (χ2v) is 4.06. The van der Waals surface area contributed by atoms with Crippen molar-refractivity contribution in [3.8, 4) is 5.75 Å². The number of aliphatic hydroxyl groups is 1. The van der Waals surface area contributed by atoms with Crippen LogP contribution in [-0.4, -0.2) is 25.4 Å². The van der Waals surface area contributed by atoms with Crippen molar-refractivity contribution in [2.75, 3.05) is 0 Å². The molecule has 0 atom stereocenters. The van der Waals surface area contributed by atoms with Crippen LogP contribution < -0.4 is 5.32 Å². The second-order valence-electron chi connectivity index (χ2n) is 4.06. The molecule has 2 heterocycles. The maximum Gasteiger partial charge on any atom is 0.141 e. The number of hydrogen-bond donors (Lipinski definition) is 4. The van der Waals surface area contributed by atoms with Gasteiger partial charge in [-0.15, -0.1) is 0 Å². The monoisotopic (exact) mass is 248 g/mol. The van der Waals surface area contributed by atoms with Crippen LogP contribution in [0.1, 0.15) is 22.4 Å². The average Bonchev–Trinajstić information content (AvgIpc) is 2.88. The molecule has 0 aliphatic rings. The number of hydrogen-bond acceptors (Lipinski definition) is 5. The highest BCUT2D eigenvalue weighted by molar-refractivity contribution is 5.40. The van der Waals surface area contributed by atoms with E-state index in [0.717, 1.165) is 5.56 Å². The van der Waals surface area contributed by atoms with Gasteiger partial charge >= 0.3 is 0 Å². The normalized spacial score (nSPS) is 10.8. The lowest BCUT2D eigenvalue weighted by atomic mass is 10.1. The molecule has 96 valence electrons. The van der Waals surface area contributed by atoms with Crippen LogP contribution in [0.3, 0.4) is 0 Å². The SMILES string of the molecule is Cc1ncc(CO)c(CNCc2cn[nH]c2)c1O. The van der Waals surface area contributed by atoms with Crippen molar-refractivity contribution < 1.29 is 10.2 Å². The lowest BCUT2D eigenvalue weighted by molar-refractivity contribution is 0.278. The molecule has 2 rings (SSSR count). The summed E-state index contributed by atoms with van der Waals surface area (Å²) in [6.07, 6.45) is 5.12. The summed E-state index contributed by atoms with van der Waals surface area (Å²) in [7, 11) is 0. The van der Waals surface area contributed by atoms with Gasteiger partial charge in [0, 0.05) is 42.2 Å². The first-order chi connectivity index (χ1) is 8.72. The van der Waals surface area contributed by atoms with E-state index in [-0.39, 0.29) is 12.4 Å². The number of nitrogens with one attached hydrogen (secondary N) is 2. The van der Waals surface area contributed by atoms with Gasteiger partial charge in [0.1, 0.15) is 5.75 Å². The molecule has 6 heteroatoms. The zero-order chi connectivity index (χ0) is 13.0. The van der Waals surface area contributed by atoms with E-state index in [0.29, 0.717) is 29.9 Å². The summed E-state index contributed by atoms with van der Waals surface area (Å²) < 4.78 is 0. The van der Waals surface area contributed by atoms with E-state index in [9.17, 15) is 10.2 Å². The van der Waals surface area contributed by atoms with E-state index in [2.05, 4.69) is 20.5 Å². The van der Waals surface area contributed by atoms with Crippen LogP contribution in [0, 0.1) is 6.92 Å². The van der Waals surface area contributed by atoms with Gasteiger partial charge in [-0.1, -0.05) is 0 Å². The molecule has 2 aromatic rings. The van der Waals surface area contributed by atoms with Crippen LogP contribution >= 0.6 is 0 Å². The van der Waals surface area contributed by atoms with Gasteiger partial charge in [0.05, 0.1) is 18.5 Å². The van der Waals surface area contributed by atoms with Gasteiger partial charge in [-0.3, -0.25) is 10.1 Å².